The Morgan fingerprint density at radius 1 is 1.25 bits per heavy atom. The number of hydrogen-bond donors (Lipinski definition) is 1. The van der Waals surface area contributed by atoms with Gasteiger partial charge in [-0.3, -0.25) is 0 Å². The van der Waals surface area contributed by atoms with Crippen molar-refractivity contribution in [1.82, 2.24) is 0 Å². The van der Waals surface area contributed by atoms with E-state index in [0.29, 0.717) is 12.0 Å². The largest absolute Gasteiger partial charge is 0.416 e. The van der Waals surface area contributed by atoms with Gasteiger partial charge in [-0.25, -0.2) is 0 Å². The van der Waals surface area contributed by atoms with Crippen LogP contribution in [0, 0.1) is 0 Å². The van der Waals surface area contributed by atoms with E-state index in [9.17, 15) is 13.2 Å². The van der Waals surface area contributed by atoms with Gasteiger partial charge in [0.05, 0.1) is 5.56 Å². The van der Waals surface area contributed by atoms with Crippen LogP contribution in [-0.2, 0) is 12.6 Å². The molecule has 2 N–H and O–H groups in total. The van der Waals surface area contributed by atoms with Crippen molar-refractivity contribution in [2.45, 2.75) is 31.0 Å². The van der Waals surface area contributed by atoms with E-state index in [4.69, 9.17) is 5.73 Å². The number of halogens is 4. The highest BCUT2D eigenvalue weighted by Crippen LogP contribution is 2.36. The second kappa shape index (κ2) is 4.26. The van der Waals surface area contributed by atoms with Gasteiger partial charge < -0.3 is 5.73 Å². The van der Waals surface area contributed by atoms with E-state index in [1.807, 2.05) is 0 Å². The molecule has 0 unspecified atom stereocenters. The van der Waals surface area contributed by atoms with Crippen LogP contribution in [0.3, 0.4) is 0 Å². The quantitative estimate of drug-likeness (QED) is 0.859. The molecule has 0 aliphatic heterocycles. The first kappa shape index (κ1) is 13.3. The molecule has 0 saturated heterocycles. The van der Waals surface area contributed by atoms with Crippen LogP contribution in [0.5, 0.6) is 0 Å². The second-order valence-electron chi connectivity index (χ2n) is 4.24. The molecule has 5 heteroatoms. The zero-order chi connectivity index (χ0) is 11.1. The van der Waals surface area contributed by atoms with Gasteiger partial charge >= 0.3 is 6.18 Å². The Labute approximate surface area is 98.2 Å². The number of rotatable bonds is 2. The second-order valence-corrected chi connectivity index (χ2v) is 4.24. The van der Waals surface area contributed by atoms with Crippen LogP contribution in [0.15, 0.2) is 24.3 Å². The lowest BCUT2D eigenvalue weighted by atomic mass is 10.0. The van der Waals surface area contributed by atoms with E-state index >= 15 is 0 Å². The highest BCUT2D eigenvalue weighted by atomic mass is 35.5. The molecule has 0 bridgehead atoms. The van der Waals surface area contributed by atoms with Crippen molar-refractivity contribution < 1.29 is 13.2 Å². The van der Waals surface area contributed by atoms with E-state index in [0.717, 1.165) is 18.9 Å². The fourth-order valence-corrected chi connectivity index (χ4v) is 1.60. The first-order chi connectivity index (χ1) is 6.89. The van der Waals surface area contributed by atoms with Crippen molar-refractivity contribution in [2.24, 2.45) is 5.73 Å². The molecule has 1 aromatic carbocycles. The minimum absolute atomic E-state index is 0. The normalized spacial score (nSPS) is 17.8. The number of nitrogens with two attached hydrogens (primary N) is 1. The third-order valence-electron chi connectivity index (χ3n) is 2.70. The summed E-state index contributed by atoms with van der Waals surface area (Å²) < 4.78 is 37.2. The zero-order valence-electron chi connectivity index (χ0n) is 8.55. The minimum Gasteiger partial charge on any atom is -0.325 e. The van der Waals surface area contributed by atoms with Gasteiger partial charge in [0.25, 0.3) is 0 Å². The Morgan fingerprint density at radius 3 is 2.38 bits per heavy atom. The predicted octanol–water partition coefficient (Wildman–Crippen LogP) is 3.16. The van der Waals surface area contributed by atoms with Crippen LogP contribution in [0.2, 0.25) is 0 Å². The molecule has 1 fully saturated rings. The van der Waals surface area contributed by atoms with Gasteiger partial charge in [0.2, 0.25) is 0 Å². The number of benzene rings is 1. The Bertz CT molecular complexity index is 372. The summed E-state index contributed by atoms with van der Waals surface area (Å²) in [6.07, 6.45) is -1.91. The van der Waals surface area contributed by atoms with Crippen molar-refractivity contribution in [3.63, 3.8) is 0 Å². The van der Waals surface area contributed by atoms with Gasteiger partial charge in [-0.05, 0) is 30.9 Å². The highest BCUT2D eigenvalue weighted by Gasteiger charge is 2.38. The maximum Gasteiger partial charge on any atom is 0.416 e. The van der Waals surface area contributed by atoms with Crippen molar-refractivity contribution in [1.29, 1.82) is 0 Å². The molecule has 1 aliphatic carbocycles. The maximum atomic E-state index is 12.4. The molecule has 0 atom stereocenters. The molecule has 90 valence electrons. The van der Waals surface area contributed by atoms with Crippen LogP contribution < -0.4 is 5.73 Å². The Balaban J connectivity index is 0.00000128. The summed E-state index contributed by atoms with van der Waals surface area (Å²) in [7, 11) is 0. The SMILES string of the molecule is Cl.NC1(Cc2cccc(C(F)(F)F)c2)CC1. The van der Waals surface area contributed by atoms with Crippen molar-refractivity contribution >= 4 is 12.4 Å². The number of hydrogen-bond acceptors (Lipinski definition) is 1. The molecule has 0 aromatic heterocycles. The molecule has 16 heavy (non-hydrogen) atoms. The smallest absolute Gasteiger partial charge is 0.325 e. The summed E-state index contributed by atoms with van der Waals surface area (Å²) in [5, 5.41) is 0. The fourth-order valence-electron chi connectivity index (χ4n) is 1.60. The predicted molar refractivity (Wildman–Crippen MR) is 58.5 cm³/mol. The lowest BCUT2D eigenvalue weighted by Crippen LogP contribution is -2.24. The molecule has 0 spiro atoms. The van der Waals surface area contributed by atoms with Crippen molar-refractivity contribution in [3.05, 3.63) is 35.4 Å². The summed E-state index contributed by atoms with van der Waals surface area (Å²) >= 11 is 0. The molecule has 0 radical (unpaired) electrons. The average Bonchev–Trinajstić information content (AvgIpc) is 2.82. The Kier molecular flexibility index (Phi) is 3.55. The Hall–Kier alpha value is -0.740. The molecule has 0 amide bonds. The van der Waals surface area contributed by atoms with Crippen LogP contribution >= 0.6 is 12.4 Å². The zero-order valence-corrected chi connectivity index (χ0v) is 9.37. The third-order valence-corrected chi connectivity index (χ3v) is 2.70. The average molecular weight is 252 g/mol. The molecule has 1 aliphatic rings. The molecule has 1 nitrogen and oxygen atoms in total. The number of alkyl halides is 3. The van der Waals surface area contributed by atoms with E-state index in [-0.39, 0.29) is 17.9 Å². The monoisotopic (exact) mass is 251 g/mol. The summed E-state index contributed by atoms with van der Waals surface area (Å²) in [5.41, 5.74) is 5.69. The molecular formula is C11H13ClF3N. The lowest BCUT2D eigenvalue weighted by molar-refractivity contribution is -0.137. The van der Waals surface area contributed by atoms with Gasteiger partial charge in [-0.2, -0.15) is 13.2 Å². The maximum absolute atomic E-state index is 12.4. The van der Waals surface area contributed by atoms with Crippen molar-refractivity contribution in [3.8, 4) is 0 Å². The summed E-state index contributed by atoms with van der Waals surface area (Å²) in [4.78, 5) is 0. The van der Waals surface area contributed by atoms with E-state index < -0.39 is 11.7 Å². The van der Waals surface area contributed by atoms with Crippen LogP contribution in [0.1, 0.15) is 24.0 Å². The highest BCUT2D eigenvalue weighted by molar-refractivity contribution is 5.85. The molecule has 1 saturated carbocycles. The van der Waals surface area contributed by atoms with Crippen LogP contribution in [-0.4, -0.2) is 5.54 Å². The molecule has 2 rings (SSSR count). The lowest BCUT2D eigenvalue weighted by Gasteiger charge is -2.11. The molecule has 0 heterocycles. The first-order valence-electron chi connectivity index (χ1n) is 4.84. The minimum atomic E-state index is -4.26. The summed E-state index contributed by atoms with van der Waals surface area (Å²) in [5.74, 6) is 0. The Morgan fingerprint density at radius 2 is 1.88 bits per heavy atom. The topological polar surface area (TPSA) is 26.0 Å². The standard InChI is InChI=1S/C11H12F3N.ClH/c12-11(13,14)9-3-1-2-8(6-9)7-10(15)4-5-10;/h1-3,6H,4-5,7,15H2;1H. The molecule has 1 aromatic rings. The molecular weight excluding hydrogens is 239 g/mol. The summed E-state index contributed by atoms with van der Waals surface area (Å²) in [6, 6.07) is 5.40. The van der Waals surface area contributed by atoms with Gasteiger partial charge in [0.15, 0.2) is 0 Å². The van der Waals surface area contributed by atoms with Gasteiger partial charge in [0, 0.05) is 5.54 Å². The fraction of sp³-hybridized carbons (Fsp3) is 0.455. The van der Waals surface area contributed by atoms with E-state index in [1.165, 1.54) is 12.1 Å². The van der Waals surface area contributed by atoms with Crippen LogP contribution in [0.4, 0.5) is 13.2 Å². The van der Waals surface area contributed by atoms with Crippen LogP contribution in [0.25, 0.3) is 0 Å². The van der Waals surface area contributed by atoms with E-state index in [1.54, 1.807) is 6.07 Å². The third kappa shape index (κ3) is 3.12. The van der Waals surface area contributed by atoms with Gasteiger partial charge in [-0.1, -0.05) is 18.2 Å². The van der Waals surface area contributed by atoms with Gasteiger partial charge in [-0.15, -0.1) is 12.4 Å². The van der Waals surface area contributed by atoms with Gasteiger partial charge in [0.1, 0.15) is 0 Å². The van der Waals surface area contributed by atoms with Crippen molar-refractivity contribution in [2.75, 3.05) is 0 Å². The van der Waals surface area contributed by atoms with E-state index in [2.05, 4.69) is 0 Å². The first-order valence-corrected chi connectivity index (χ1v) is 4.84. The summed E-state index contributed by atoms with van der Waals surface area (Å²) in [6.45, 7) is 0.